The number of thioether (sulfide) groups is 2. The summed E-state index contributed by atoms with van der Waals surface area (Å²) in [6.07, 6.45) is 13.0. The Morgan fingerprint density at radius 3 is 0.608 bits per heavy atom. The molecule has 0 saturated heterocycles. The van der Waals surface area contributed by atoms with Gasteiger partial charge in [0, 0.05) is 38.2 Å². The molecule has 28 nitrogen and oxygen atoms in total. The summed E-state index contributed by atoms with van der Waals surface area (Å²) in [6, 6.07) is 0. The first-order chi connectivity index (χ1) is 64.3. The van der Waals surface area contributed by atoms with Crippen LogP contribution in [-0.2, 0) is 75.8 Å². The predicted molar refractivity (Wildman–Crippen MR) is 507 cm³/mol. The fourth-order valence-electron chi connectivity index (χ4n) is 18.3. The van der Waals surface area contributed by atoms with Gasteiger partial charge in [-0.1, -0.05) is 0 Å². The third kappa shape index (κ3) is 21.1. The van der Waals surface area contributed by atoms with Crippen LogP contribution < -0.4 is 56.8 Å². The smallest absolute Gasteiger partial charge is 0.186 e. The summed E-state index contributed by atoms with van der Waals surface area (Å²) in [6.45, 7) is 15.5. The quantitative estimate of drug-likeness (QED) is 0.0253. The molecule has 14 heterocycles. The highest BCUT2D eigenvalue weighted by Gasteiger charge is 2.50. The molecule has 0 unspecified atom stereocenters. The molecule has 0 radical (unpaired) electrons. The fraction of sp³-hybridized carbons (Fsp3) is 0.652. The molecular formula is C92H118O28S10. The van der Waals surface area contributed by atoms with E-state index in [1.807, 2.05) is 22.7 Å². The van der Waals surface area contributed by atoms with E-state index < -0.39 is 10.8 Å². The molecule has 38 heteroatoms. The van der Waals surface area contributed by atoms with Gasteiger partial charge in [-0.15, -0.1) is 114 Å². The molecule has 2 fully saturated rings. The maximum atomic E-state index is 7.68. The van der Waals surface area contributed by atoms with Crippen LogP contribution in [0, 0.1) is 10.8 Å². The normalized spacial score (nSPS) is 19.3. The number of thiophene rings is 8. The van der Waals surface area contributed by atoms with Crippen molar-refractivity contribution in [3.05, 3.63) is 22.3 Å². The van der Waals surface area contributed by atoms with Gasteiger partial charge < -0.3 is 133 Å². The number of hydrogen-bond acceptors (Lipinski definition) is 38. The van der Waals surface area contributed by atoms with Crippen LogP contribution in [0.4, 0.5) is 0 Å². The van der Waals surface area contributed by atoms with Crippen LogP contribution in [-0.4, -0.2) is 305 Å². The minimum Gasteiger partial charge on any atom is -0.487 e. The van der Waals surface area contributed by atoms with Crippen LogP contribution in [0.5, 0.6) is 69.0 Å². The molecule has 714 valence electrons. The molecule has 0 spiro atoms. The van der Waals surface area contributed by atoms with E-state index in [0.717, 1.165) is 132 Å². The third-order valence-corrected chi connectivity index (χ3v) is 37.2. The van der Waals surface area contributed by atoms with Gasteiger partial charge in [-0.2, -0.15) is 0 Å². The Bertz CT molecular complexity index is 4630. The van der Waals surface area contributed by atoms with Crippen molar-refractivity contribution >= 4 is 114 Å². The minimum absolute atomic E-state index is 0.211. The van der Waals surface area contributed by atoms with Crippen molar-refractivity contribution < 1.29 is 133 Å². The van der Waals surface area contributed by atoms with E-state index in [4.69, 9.17) is 133 Å². The lowest BCUT2D eigenvalue weighted by Crippen LogP contribution is -2.43. The highest BCUT2D eigenvalue weighted by Crippen LogP contribution is 2.72. The molecule has 4 bridgehead atoms. The number of hydrogen-bond donors (Lipinski definition) is 0. The number of fused-ring (bicyclic) bond motifs is 10. The van der Waals surface area contributed by atoms with Crippen LogP contribution in [0.15, 0.2) is 8.42 Å². The standard InChI is InChI=1S/C92H118O28S10/c1-93-15-19-97-23-27-101-31-35-105-47-91(48-106-36-32-102-28-24-98-20-16-94-2)51-117-67-69(119-53-91)85(81-63-65(111-41-39-109-63)83(127-81)87-71-73(89(121-5)129-87)115-45-43-113-71)125-79(67)77-61-57-11-7-55(8-12-57)59(61)75(123-77)76-60-56-9-13-58(14-10-56)62(60)78(124-76)80-68-70(86(126-80)82-64-66(112-42-40-110-64)84(128-82)88-72-74(90(122-6)130-88)116-46-44-114-72)120-54-92(52-118-68,49-107-37-33-103-29-25-99-21-17-95-3)50-108-38-34-104-30-26-100-22-18-96-4/h55-58H,7-54H2,1-6H3. The summed E-state index contributed by atoms with van der Waals surface area (Å²) >= 11 is 17.3. The van der Waals surface area contributed by atoms with Gasteiger partial charge in [0.2, 0.25) is 0 Å². The van der Waals surface area contributed by atoms with E-state index in [2.05, 4.69) is 12.5 Å². The Morgan fingerprint density at radius 1 is 0.215 bits per heavy atom. The lowest BCUT2D eigenvalue weighted by atomic mass is 9.65. The van der Waals surface area contributed by atoms with Crippen LogP contribution in [0.25, 0.3) is 68.3 Å². The Kier molecular flexibility index (Phi) is 34.3. The van der Waals surface area contributed by atoms with Crippen molar-refractivity contribution in [3.63, 3.8) is 0 Å². The first kappa shape index (κ1) is 95.6. The van der Waals surface area contributed by atoms with Crippen LogP contribution >= 0.6 is 114 Å². The zero-order valence-corrected chi connectivity index (χ0v) is 82.9. The van der Waals surface area contributed by atoms with Gasteiger partial charge in [0.15, 0.2) is 69.0 Å². The second-order valence-electron chi connectivity index (χ2n) is 33.1. The van der Waals surface area contributed by atoms with Crippen molar-refractivity contribution in [1.82, 2.24) is 0 Å². The van der Waals surface area contributed by atoms with E-state index in [1.165, 1.54) is 41.8 Å². The molecule has 130 heavy (non-hydrogen) atoms. The van der Waals surface area contributed by atoms with Crippen LogP contribution in [0.3, 0.4) is 0 Å². The van der Waals surface area contributed by atoms with Gasteiger partial charge in [-0.25, -0.2) is 0 Å². The summed E-state index contributed by atoms with van der Waals surface area (Å²) in [7, 11) is 6.66. The molecule has 8 aromatic heterocycles. The van der Waals surface area contributed by atoms with Gasteiger partial charge in [0.05, 0.1) is 254 Å². The van der Waals surface area contributed by atoms with Crippen LogP contribution in [0.2, 0.25) is 0 Å². The predicted octanol–water partition coefficient (Wildman–Crippen LogP) is 18.2. The van der Waals surface area contributed by atoms with E-state index in [1.54, 1.807) is 120 Å². The van der Waals surface area contributed by atoms with Crippen LogP contribution in [0.1, 0.15) is 97.3 Å². The molecule has 0 aromatic carbocycles. The molecule has 20 rings (SSSR count). The maximum absolute atomic E-state index is 7.68. The molecule has 8 aromatic rings. The molecule has 0 N–H and O–H groups in total. The highest BCUT2D eigenvalue weighted by atomic mass is 32.2. The maximum Gasteiger partial charge on any atom is 0.186 e. The van der Waals surface area contributed by atoms with Gasteiger partial charge in [0.25, 0.3) is 0 Å². The van der Waals surface area contributed by atoms with Crippen molar-refractivity contribution in [2.24, 2.45) is 10.8 Å². The summed E-state index contributed by atoms with van der Waals surface area (Å²) in [5, 5.41) is 0. The lowest BCUT2D eigenvalue weighted by Gasteiger charge is -2.39. The first-order valence-corrected chi connectivity index (χ1v) is 54.1. The van der Waals surface area contributed by atoms with E-state index in [0.29, 0.717) is 281 Å². The lowest BCUT2D eigenvalue weighted by molar-refractivity contribution is -0.0781. The van der Waals surface area contributed by atoms with Gasteiger partial charge in [-0.05, 0) is 110 Å². The summed E-state index contributed by atoms with van der Waals surface area (Å²) < 4.78 is 180. The van der Waals surface area contributed by atoms with Crippen molar-refractivity contribution in [2.45, 2.75) is 83.5 Å². The second kappa shape index (κ2) is 46.6. The largest absolute Gasteiger partial charge is 0.487 e. The monoisotopic (exact) mass is 1990 g/mol. The van der Waals surface area contributed by atoms with E-state index >= 15 is 0 Å². The molecular weight excluding hydrogens is 1870 g/mol. The fourth-order valence-corrected chi connectivity index (χ4v) is 30.6. The first-order valence-electron chi connectivity index (χ1n) is 45.1. The molecule has 2 saturated carbocycles. The molecule has 0 atom stereocenters. The van der Waals surface area contributed by atoms with Gasteiger partial charge in [0.1, 0.15) is 87.7 Å². The summed E-state index contributed by atoms with van der Waals surface area (Å²) in [5.74, 6) is 9.77. The van der Waals surface area contributed by atoms with Crippen molar-refractivity contribution in [1.29, 1.82) is 0 Å². The second-order valence-corrected chi connectivity index (χ2v) is 43.4. The van der Waals surface area contributed by atoms with Gasteiger partial charge in [-0.3, -0.25) is 0 Å². The number of ether oxygens (including phenoxy) is 28. The third-order valence-electron chi connectivity index (χ3n) is 24.5. The zero-order valence-electron chi connectivity index (χ0n) is 74.8. The Morgan fingerprint density at radius 2 is 0.385 bits per heavy atom. The van der Waals surface area contributed by atoms with Gasteiger partial charge >= 0.3 is 0 Å². The Hall–Kier alpha value is -4.74. The SMILES string of the molecule is COCCOCCOCCOCC1(COCCOCCOCCOC)COc2c(-c3sc(-c4sc(SC)c5c4OCCO5)c4c3OCCO4)sc(-c3sc(-c4sc(-c5sc(-c6sc(-c7sc(SC)c8c7OCCO8)c7c6OCCO7)c6c5OCC(COCCOCCOCCOC)(COCCOCCOCCOC)CO6)c5c4C4CCC5CC4)c4c3C3CCC4CC3)c2OC1. The number of methoxy groups -OCH3 is 4. The van der Waals surface area contributed by atoms with E-state index in [-0.39, 0.29) is 52.9 Å². The minimum atomic E-state index is -0.801. The van der Waals surface area contributed by atoms with E-state index in [9.17, 15) is 0 Å². The van der Waals surface area contributed by atoms with Crippen molar-refractivity contribution in [2.75, 3.05) is 305 Å². The molecule has 12 aliphatic rings. The Balaban J connectivity index is 0.750. The molecule has 6 aliphatic carbocycles. The average Bonchev–Trinajstić information content (AvgIpc) is 1.54. The Labute approximate surface area is 799 Å². The zero-order chi connectivity index (χ0) is 88.6. The highest BCUT2D eigenvalue weighted by molar-refractivity contribution is 8.01. The summed E-state index contributed by atoms with van der Waals surface area (Å²) in [5.41, 5.74) is 4.27. The summed E-state index contributed by atoms with van der Waals surface area (Å²) in [4.78, 5) is 14.6. The molecule has 0 amide bonds. The topological polar surface area (TPSA) is 258 Å². The molecule has 6 aliphatic heterocycles. The van der Waals surface area contributed by atoms with Crippen molar-refractivity contribution in [3.8, 4) is 137 Å². The number of rotatable bonds is 53. The average molecular weight is 1990 g/mol.